The van der Waals surface area contributed by atoms with E-state index in [9.17, 15) is 4.79 Å². The van der Waals surface area contributed by atoms with Crippen molar-refractivity contribution in [2.24, 2.45) is 0 Å². The fourth-order valence-electron chi connectivity index (χ4n) is 2.20. The zero-order valence-corrected chi connectivity index (χ0v) is 18.2. The van der Waals surface area contributed by atoms with E-state index in [-0.39, 0.29) is 22.5 Å². The second kappa shape index (κ2) is 9.56. The van der Waals surface area contributed by atoms with E-state index in [1.165, 1.54) is 40.9 Å². The minimum absolute atomic E-state index is 0.165. The molecule has 3 aromatic rings. The van der Waals surface area contributed by atoms with Gasteiger partial charge in [-0.05, 0) is 29.7 Å². The first-order valence-electron chi connectivity index (χ1n) is 8.35. The zero-order chi connectivity index (χ0) is 20.1. The van der Waals surface area contributed by atoms with E-state index >= 15 is 0 Å². The van der Waals surface area contributed by atoms with Crippen LogP contribution in [-0.4, -0.2) is 26.8 Å². The number of thioether (sulfide) groups is 1. The molecular formula is C18H17Cl2N5OS2. The van der Waals surface area contributed by atoms with Crippen molar-refractivity contribution in [1.29, 1.82) is 0 Å². The Morgan fingerprint density at radius 3 is 2.64 bits per heavy atom. The van der Waals surface area contributed by atoms with Crippen LogP contribution in [0.2, 0.25) is 10.0 Å². The molecule has 28 heavy (non-hydrogen) atoms. The summed E-state index contributed by atoms with van der Waals surface area (Å²) in [4.78, 5) is 16.1. The molecule has 0 radical (unpaired) electrons. The van der Waals surface area contributed by atoms with Gasteiger partial charge in [-0.3, -0.25) is 4.79 Å². The lowest BCUT2D eigenvalue weighted by Crippen LogP contribution is -2.15. The second-order valence-electron chi connectivity index (χ2n) is 6.10. The molecule has 0 saturated carbocycles. The normalized spacial score (nSPS) is 10.9. The fourth-order valence-corrected chi connectivity index (χ4v) is 4.19. The summed E-state index contributed by atoms with van der Waals surface area (Å²) in [5.41, 5.74) is 2.22. The molecular weight excluding hydrogens is 437 g/mol. The van der Waals surface area contributed by atoms with E-state index in [0.717, 1.165) is 5.69 Å². The Morgan fingerprint density at radius 1 is 1.21 bits per heavy atom. The predicted octanol–water partition coefficient (Wildman–Crippen LogP) is 5.84. The summed E-state index contributed by atoms with van der Waals surface area (Å²) in [7, 11) is 0. The van der Waals surface area contributed by atoms with Gasteiger partial charge >= 0.3 is 0 Å². The molecule has 1 amide bonds. The van der Waals surface area contributed by atoms with Gasteiger partial charge in [0.15, 0.2) is 10.2 Å². The van der Waals surface area contributed by atoms with Crippen LogP contribution in [0.4, 0.5) is 16.6 Å². The number of benzene rings is 1. The molecule has 0 aliphatic carbocycles. The number of anilines is 3. The van der Waals surface area contributed by atoms with E-state index in [1.54, 1.807) is 0 Å². The summed E-state index contributed by atoms with van der Waals surface area (Å²) in [6.07, 6.45) is 1.42. The highest BCUT2D eigenvalue weighted by Crippen LogP contribution is 2.29. The SMILES string of the molecule is CC(C)c1ccc(Nc2nnc(SCC(=O)Nc3ncc(Cl)cc3Cl)s2)cc1. The van der Waals surface area contributed by atoms with Crippen molar-refractivity contribution in [3.05, 3.63) is 52.1 Å². The van der Waals surface area contributed by atoms with Crippen molar-refractivity contribution >= 4 is 68.8 Å². The Hall–Kier alpha value is -1.87. The van der Waals surface area contributed by atoms with Crippen LogP contribution < -0.4 is 10.6 Å². The molecule has 0 atom stereocenters. The summed E-state index contributed by atoms with van der Waals surface area (Å²) < 4.78 is 0.687. The van der Waals surface area contributed by atoms with Crippen LogP contribution in [-0.2, 0) is 4.79 Å². The fraction of sp³-hybridized carbons (Fsp3) is 0.222. The minimum atomic E-state index is -0.240. The molecule has 0 saturated heterocycles. The Bertz CT molecular complexity index is 963. The monoisotopic (exact) mass is 453 g/mol. The minimum Gasteiger partial charge on any atom is -0.330 e. The first-order chi connectivity index (χ1) is 13.4. The van der Waals surface area contributed by atoms with Crippen molar-refractivity contribution in [3.8, 4) is 0 Å². The Morgan fingerprint density at radius 2 is 1.96 bits per heavy atom. The average Bonchev–Trinajstić information content (AvgIpc) is 3.10. The van der Waals surface area contributed by atoms with E-state index < -0.39 is 0 Å². The van der Waals surface area contributed by atoms with Gasteiger partial charge < -0.3 is 10.6 Å². The van der Waals surface area contributed by atoms with Gasteiger partial charge in [0.1, 0.15) is 0 Å². The smallest absolute Gasteiger partial charge is 0.236 e. The Kier molecular flexibility index (Phi) is 7.12. The van der Waals surface area contributed by atoms with Crippen molar-refractivity contribution in [3.63, 3.8) is 0 Å². The molecule has 6 nitrogen and oxygen atoms in total. The molecule has 0 unspecified atom stereocenters. The first kappa shape index (κ1) is 20.9. The molecule has 0 aliphatic rings. The molecule has 2 N–H and O–H groups in total. The van der Waals surface area contributed by atoms with Crippen molar-refractivity contribution in [2.45, 2.75) is 24.1 Å². The summed E-state index contributed by atoms with van der Waals surface area (Å²) in [6, 6.07) is 9.73. The Labute approximate surface area is 181 Å². The summed E-state index contributed by atoms with van der Waals surface area (Å²) in [6.45, 7) is 4.31. The molecule has 10 heteroatoms. The lowest BCUT2D eigenvalue weighted by molar-refractivity contribution is -0.113. The molecule has 0 bridgehead atoms. The lowest BCUT2D eigenvalue weighted by Gasteiger charge is -2.06. The second-order valence-corrected chi connectivity index (χ2v) is 9.14. The van der Waals surface area contributed by atoms with Gasteiger partial charge in [-0.2, -0.15) is 0 Å². The quantitative estimate of drug-likeness (QED) is 0.437. The van der Waals surface area contributed by atoms with Crippen molar-refractivity contribution in [1.82, 2.24) is 15.2 Å². The van der Waals surface area contributed by atoms with Gasteiger partial charge in [-0.1, -0.05) is 72.3 Å². The molecule has 146 valence electrons. The predicted molar refractivity (Wildman–Crippen MR) is 117 cm³/mol. The van der Waals surface area contributed by atoms with Gasteiger partial charge in [0.25, 0.3) is 0 Å². The number of hydrogen-bond acceptors (Lipinski definition) is 7. The van der Waals surface area contributed by atoms with Crippen LogP contribution in [0.3, 0.4) is 0 Å². The Balaban J connectivity index is 1.52. The first-order valence-corrected chi connectivity index (χ1v) is 10.9. The van der Waals surface area contributed by atoms with Crippen molar-refractivity contribution in [2.75, 3.05) is 16.4 Å². The van der Waals surface area contributed by atoms with Crippen molar-refractivity contribution < 1.29 is 4.79 Å². The number of rotatable bonds is 7. The summed E-state index contributed by atoms with van der Waals surface area (Å²) in [5, 5.41) is 15.4. The molecule has 0 fully saturated rings. The van der Waals surface area contributed by atoms with Crippen LogP contribution in [0.15, 0.2) is 40.9 Å². The third-order valence-electron chi connectivity index (χ3n) is 3.63. The number of nitrogens with zero attached hydrogens (tertiary/aromatic N) is 3. The third-order valence-corrected chi connectivity index (χ3v) is 6.09. The van der Waals surface area contributed by atoms with Crippen LogP contribution in [0, 0.1) is 0 Å². The van der Waals surface area contributed by atoms with Gasteiger partial charge in [-0.25, -0.2) is 4.98 Å². The number of halogens is 2. The molecule has 1 aromatic carbocycles. The maximum atomic E-state index is 12.1. The van der Waals surface area contributed by atoms with Crippen LogP contribution in [0.5, 0.6) is 0 Å². The van der Waals surface area contributed by atoms with Gasteiger partial charge in [0.05, 0.1) is 15.8 Å². The number of carbonyl (C=O) groups excluding carboxylic acids is 1. The highest BCUT2D eigenvalue weighted by Gasteiger charge is 2.11. The molecule has 2 aromatic heterocycles. The van der Waals surface area contributed by atoms with Crippen LogP contribution in [0.25, 0.3) is 0 Å². The number of pyridine rings is 1. The number of amides is 1. The van der Waals surface area contributed by atoms with E-state index in [4.69, 9.17) is 23.2 Å². The standard InChI is InChI=1S/C18H17Cl2N5OS2/c1-10(2)11-3-5-13(6-4-11)22-17-24-25-18(28-17)27-9-15(26)23-16-14(20)7-12(19)8-21-16/h3-8,10H,9H2,1-2H3,(H,22,24)(H,21,23,26). The van der Waals surface area contributed by atoms with Gasteiger partial charge in [0.2, 0.25) is 11.0 Å². The highest BCUT2D eigenvalue weighted by atomic mass is 35.5. The number of hydrogen-bond donors (Lipinski definition) is 2. The maximum absolute atomic E-state index is 12.1. The molecule has 3 rings (SSSR count). The topological polar surface area (TPSA) is 79.8 Å². The average molecular weight is 454 g/mol. The van der Waals surface area contributed by atoms with Gasteiger partial charge in [-0.15, -0.1) is 10.2 Å². The lowest BCUT2D eigenvalue weighted by atomic mass is 10.0. The summed E-state index contributed by atoms with van der Waals surface area (Å²) >= 11 is 14.5. The van der Waals surface area contributed by atoms with E-state index in [0.29, 0.717) is 20.4 Å². The number of nitrogens with one attached hydrogen (secondary N) is 2. The largest absolute Gasteiger partial charge is 0.330 e. The maximum Gasteiger partial charge on any atom is 0.236 e. The highest BCUT2D eigenvalue weighted by molar-refractivity contribution is 8.01. The van der Waals surface area contributed by atoms with Crippen LogP contribution in [0.1, 0.15) is 25.3 Å². The number of aromatic nitrogens is 3. The number of carbonyl (C=O) groups is 1. The molecule has 2 heterocycles. The summed E-state index contributed by atoms with van der Waals surface area (Å²) in [5.74, 6) is 0.692. The third kappa shape index (κ3) is 5.81. The zero-order valence-electron chi connectivity index (χ0n) is 15.1. The molecule has 0 aliphatic heterocycles. The van der Waals surface area contributed by atoms with Crippen LogP contribution >= 0.6 is 46.3 Å². The van der Waals surface area contributed by atoms with Gasteiger partial charge in [0, 0.05) is 11.9 Å². The van der Waals surface area contributed by atoms with E-state index in [1.807, 2.05) is 12.1 Å². The molecule has 0 spiro atoms. The van der Waals surface area contributed by atoms with E-state index in [2.05, 4.69) is 51.8 Å².